The summed E-state index contributed by atoms with van der Waals surface area (Å²) in [6.07, 6.45) is 20.8. The van der Waals surface area contributed by atoms with Gasteiger partial charge in [-0.1, -0.05) is 115 Å². The predicted molar refractivity (Wildman–Crippen MR) is 254 cm³/mol. The first kappa shape index (κ1) is 64.8. The highest BCUT2D eigenvalue weighted by Gasteiger charge is 2.52. The molecule has 6 aromatic rings. The summed E-state index contributed by atoms with van der Waals surface area (Å²) in [5.74, 6) is -71.7. The van der Waals surface area contributed by atoms with Crippen molar-refractivity contribution in [2.45, 2.75) is 116 Å². The van der Waals surface area contributed by atoms with E-state index in [0.29, 0.717) is 17.7 Å². The van der Waals surface area contributed by atoms with Crippen LogP contribution in [0, 0.1) is 116 Å². The first-order chi connectivity index (χ1) is 38.4. The lowest BCUT2D eigenvalue weighted by molar-refractivity contribution is -0.683. The van der Waals surface area contributed by atoms with Crippen LogP contribution in [0.3, 0.4) is 0 Å². The van der Waals surface area contributed by atoms with E-state index < -0.39 is 144 Å². The Morgan fingerprint density at radius 1 is 0.370 bits per heavy atom. The number of aromatic nitrogens is 2. The van der Waals surface area contributed by atoms with Gasteiger partial charge in [-0.3, -0.25) is 9.78 Å². The number of hydrogen-bond acceptors (Lipinski definition) is 4. The number of benzene rings is 5. The minimum Gasteiger partial charge on any atom is -0.462 e. The highest BCUT2D eigenvalue weighted by molar-refractivity contribution is 7.20. The molecule has 81 heavy (non-hydrogen) atoms. The number of carbonyl (C=O) groups excluding carboxylic acids is 2. The monoisotopic (exact) mass is 1170 g/mol. The fourth-order valence-electron chi connectivity index (χ4n) is 9.27. The van der Waals surface area contributed by atoms with Gasteiger partial charge in [0.15, 0.2) is 82.2 Å². The average molecular weight is 1170 g/mol. The summed E-state index contributed by atoms with van der Waals surface area (Å²) < 4.78 is 301. The second-order valence-electron chi connectivity index (χ2n) is 18.7. The minimum atomic E-state index is -7.22. The first-order valence-corrected chi connectivity index (χ1v) is 25.2. The maximum atomic E-state index is 15.4. The zero-order valence-electron chi connectivity index (χ0n) is 42.6. The molecule has 0 atom stereocenters. The maximum Gasteiger partial charge on any atom is 0.338 e. The van der Waals surface area contributed by atoms with E-state index in [1.165, 1.54) is 89.9 Å². The van der Waals surface area contributed by atoms with E-state index in [9.17, 15) is 62.3 Å². The molecule has 26 heteroatoms. The van der Waals surface area contributed by atoms with Gasteiger partial charge in [0.1, 0.15) is 52.7 Å². The molecular formula is C55H47BF20N2O3. The number of rotatable bonds is 25. The van der Waals surface area contributed by atoms with Gasteiger partial charge in [0.25, 0.3) is 0 Å². The Labute approximate surface area is 449 Å². The van der Waals surface area contributed by atoms with Crippen LogP contribution in [0.2, 0.25) is 0 Å². The summed E-state index contributed by atoms with van der Waals surface area (Å²) in [5.41, 5.74) is -13.3. The number of Topliss-reactive ketones (excluding diaryl/α,β-unsaturated/α-hetero) is 1. The summed E-state index contributed by atoms with van der Waals surface area (Å²) in [5, 5.41) is 0. The predicted octanol–water partition coefficient (Wildman–Crippen LogP) is 13.5. The van der Waals surface area contributed by atoms with Gasteiger partial charge in [-0.25, -0.2) is 92.6 Å². The van der Waals surface area contributed by atoms with E-state index >= 15 is 35.1 Å². The number of unbranched alkanes of at least 4 members (excludes halogenated alkanes) is 15. The van der Waals surface area contributed by atoms with Gasteiger partial charge in [-0.2, -0.15) is 4.57 Å². The molecule has 0 unspecified atom stereocenters. The maximum absolute atomic E-state index is 15.4. The number of esters is 1. The Morgan fingerprint density at radius 3 is 0.901 bits per heavy atom. The highest BCUT2D eigenvalue weighted by Crippen LogP contribution is 2.31. The van der Waals surface area contributed by atoms with E-state index in [1.807, 2.05) is 0 Å². The molecule has 0 aliphatic rings. The van der Waals surface area contributed by atoms with Crippen LogP contribution in [0.1, 0.15) is 130 Å². The van der Waals surface area contributed by atoms with Crippen molar-refractivity contribution in [2.75, 3.05) is 6.61 Å². The number of halogens is 20. The van der Waals surface area contributed by atoms with E-state index in [1.54, 1.807) is 53.6 Å². The number of ether oxygens (including phenoxy) is 1. The lowest BCUT2D eigenvalue weighted by Gasteiger charge is -2.44. The van der Waals surface area contributed by atoms with Gasteiger partial charge >= 0.3 is 5.97 Å². The van der Waals surface area contributed by atoms with Gasteiger partial charge in [0.2, 0.25) is 12.3 Å². The van der Waals surface area contributed by atoms with E-state index in [2.05, 4.69) is 11.9 Å². The van der Waals surface area contributed by atoms with Crippen LogP contribution in [-0.4, -0.2) is 29.5 Å². The molecule has 6 rings (SSSR count). The van der Waals surface area contributed by atoms with Crippen LogP contribution in [0.5, 0.6) is 0 Å². The first-order valence-electron chi connectivity index (χ1n) is 25.2. The molecule has 0 radical (unpaired) electrons. The Hall–Kier alpha value is -7.02. The van der Waals surface area contributed by atoms with Gasteiger partial charge in [-0.05, 0) is 18.6 Å². The molecule has 0 amide bonds. The van der Waals surface area contributed by atoms with E-state index in [4.69, 9.17) is 4.74 Å². The second-order valence-corrected chi connectivity index (χ2v) is 18.7. The van der Waals surface area contributed by atoms with Crippen LogP contribution < -0.4 is 26.4 Å². The molecule has 0 spiro atoms. The van der Waals surface area contributed by atoms with Crippen molar-refractivity contribution >= 4 is 39.7 Å². The molecule has 0 aliphatic carbocycles. The van der Waals surface area contributed by atoms with Crippen LogP contribution in [-0.2, 0) is 11.3 Å². The largest absolute Gasteiger partial charge is 0.462 e. The number of nitrogens with zero attached hydrogens (tertiary/aromatic N) is 2. The molecule has 5 nitrogen and oxygen atoms in total. The van der Waals surface area contributed by atoms with Crippen molar-refractivity contribution in [3.63, 3.8) is 0 Å². The quantitative estimate of drug-likeness (QED) is 0.00838. The van der Waals surface area contributed by atoms with Crippen molar-refractivity contribution in [3.05, 3.63) is 177 Å². The third-order valence-electron chi connectivity index (χ3n) is 13.4. The topological polar surface area (TPSA) is 60.1 Å². The Balaban J connectivity index is 0.000000305. The lowest BCUT2D eigenvalue weighted by Crippen LogP contribution is -2.81. The van der Waals surface area contributed by atoms with E-state index in [0.717, 1.165) is 12.8 Å². The van der Waals surface area contributed by atoms with E-state index in [-0.39, 0.29) is 18.3 Å². The number of carbonyl (C=O) groups is 2. The molecule has 0 aliphatic heterocycles. The summed E-state index contributed by atoms with van der Waals surface area (Å²) in [7, 11) is 0. The van der Waals surface area contributed by atoms with Gasteiger partial charge in [0.05, 0.1) is 24.6 Å². The summed E-state index contributed by atoms with van der Waals surface area (Å²) in [6, 6.07) is 6.71. The zero-order chi connectivity index (χ0) is 60.0. The molecule has 0 saturated carbocycles. The molecule has 438 valence electrons. The molecule has 0 saturated heterocycles. The van der Waals surface area contributed by atoms with Crippen molar-refractivity contribution in [1.82, 2.24) is 4.98 Å². The number of hydrogen-bond donors (Lipinski definition) is 0. The fourth-order valence-corrected chi connectivity index (χ4v) is 9.27. The van der Waals surface area contributed by atoms with Gasteiger partial charge in [0, 0.05) is 5.56 Å². The summed E-state index contributed by atoms with van der Waals surface area (Å²) in [6.45, 7) is 2.97. The SMILES string of the molecule is CCCCCCCCCCCCCCCCCCOC(=O)c1ccc(C(=O)C[n+]2ccncc2)cc1.Fc1c(F)c(F)c([B-](c2c(F)c(F)c(F)c(F)c2F)(c2c(F)c(F)c(F)c(F)c2F)c2c(F)c(F)c(F)c(F)c2F)c(F)c1F. The zero-order valence-corrected chi connectivity index (χ0v) is 42.6. The third kappa shape index (κ3) is 14.0. The Kier molecular flexibility index (Phi) is 23.3. The average Bonchev–Trinajstić information content (AvgIpc) is 2.24. The lowest BCUT2D eigenvalue weighted by atomic mass is 9.12. The Bertz CT molecular complexity index is 2820. The molecular weight excluding hydrogens is 1130 g/mol. The molecule has 5 aromatic carbocycles. The van der Waals surface area contributed by atoms with Crippen molar-refractivity contribution in [2.24, 2.45) is 0 Å². The van der Waals surface area contributed by atoms with Crippen molar-refractivity contribution in [3.8, 4) is 0 Å². The van der Waals surface area contributed by atoms with Gasteiger partial charge < -0.3 is 4.74 Å². The van der Waals surface area contributed by atoms with Crippen LogP contribution >= 0.6 is 0 Å². The Morgan fingerprint density at radius 2 is 0.617 bits per heavy atom. The highest BCUT2D eigenvalue weighted by atomic mass is 19.2. The molecule has 0 N–H and O–H groups in total. The molecule has 0 bridgehead atoms. The second kappa shape index (κ2) is 29.1. The van der Waals surface area contributed by atoms with Crippen LogP contribution in [0.4, 0.5) is 87.8 Å². The van der Waals surface area contributed by atoms with Crippen LogP contribution in [0.25, 0.3) is 0 Å². The molecule has 1 aromatic heterocycles. The van der Waals surface area contributed by atoms with Crippen molar-refractivity contribution < 1.29 is 107 Å². The molecule has 0 fully saturated rings. The third-order valence-corrected chi connectivity index (χ3v) is 13.4. The normalized spacial score (nSPS) is 11.5. The van der Waals surface area contributed by atoms with Crippen molar-refractivity contribution in [1.29, 1.82) is 0 Å². The number of ketones is 1. The standard InChI is InChI=1S/C31H47N2O3.C24BF20/c1-2-3-4-5-6-7-8-9-10-11-12-13-14-15-16-17-26-36-31(35)29-20-18-28(19-21-29)30(34)27-33-24-22-32-23-25-33;26-5-1(6(27)14(35)21(42)13(5)34)25(2-7(28)15(36)22(43)16(37)8(2)29,3-9(30)17(38)23(44)18(39)10(3)31)4-11(32)19(40)24(45)20(41)12(4)33/h18-25H,2-17,26-27H2,1H3;/q+1;-1. The molecule has 1 heterocycles. The minimum absolute atomic E-state index is 0.0146. The summed E-state index contributed by atoms with van der Waals surface area (Å²) >= 11 is 0. The smallest absolute Gasteiger partial charge is 0.338 e. The summed E-state index contributed by atoms with van der Waals surface area (Å²) in [4.78, 5) is 28.6. The van der Waals surface area contributed by atoms with Gasteiger partial charge in [-0.15, -0.1) is 21.9 Å². The van der Waals surface area contributed by atoms with Crippen LogP contribution in [0.15, 0.2) is 49.1 Å². The fraction of sp³-hybridized carbons (Fsp3) is 0.345.